The Kier molecular flexibility index (Phi) is 4.34. The first-order chi connectivity index (χ1) is 18.8. The monoisotopic (exact) mass is 491 g/mol. The van der Waals surface area contributed by atoms with Crippen LogP contribution in [0, 0.1) is 5.82 Å². The van der Waals surface area contributed by atoms with Crippen molar-refractivity contribution in [2.75, 3.05) is 4.90 Å². The van der Waals surface area contributed by atoms with Gasteiger partial charge in [-0.1, -0.05) is 60.7 Å². The molecule has 0 atom stereocenters. The number of hydrogen-bond donors (Lipinski definition) is 0. The fourth-order valence-corrected chi connectivity index (χ4v) is 5.69. The molecule has 0 aliphatic heterocycles. The van der Waals surface area contributed by atoms with E-state index in [-0.39, 0.29) is 5.82 Å². The lowest BCUT2D eigenvalue weighted by atomic mass is 9.92. The SMILES string of the molecule is Fc1ccc2ccc3c(N(c4cccc5cncnc45)c4cccc5cncnc45)ccc4ccc1c2c43. The summed E-state index contributed by atoms with van der Waals surface area (Å²) in [6, 6.07) is 27.9. The number of halogens is 1. The van der Waals surface area contributed by atoms with E-state index in [9.17, 15) is 4.39 Å². The first kappa shape index (κ1) is 20.9. The van der Waals surface area contributed by atoms with Crippen LogP contribution < -0.4 is 4.90 Å². The molecule has 0 saturated carbocycles. The van der Waals surface area contributed by atoms with E-state index in [4.69, 9.17) is 0 Å². The van der Waals surface area contributed by atoms with Crippen molar-refractivity contribution in [1.29, 1.82) is 0 Å². The van der Waals surface area contributed by atoms with Gasteiger partial charge in [-0.25, -0.2) is 24.3 Å². The van der Waals surface area contributed by atoms with Gasteiger partial charge in [0.2, 0.25) is 0 Å². The summed E-state index contributed by atoms with van der Waals surface area (Å²) in [7, 11) is 0. The molecule has 0 N–H and O–H groups in total. The van der Waals surface area contributed by atoms with Crippen LogP contribution in [0.4, 0.5) is 21.5 Å². The summed E-state index contributed by atoms with van der Waals surface area (Å²) in [4.78, 5) is 20.0. The summed E-state index contributed by atoms with van der Waals surface area (Å²) in [5.41, 5.74) is 4.40. The fourth-order valence-electron chi connectivity index (χ4n) is 5.69. The largest absolute Gasteiger partial charge is 0.305 e. The van der Waals surface area contributed by atoms with Gasteiger partial charge < -0.3 is 4.90 Å². The maximum Gasteiger partial charge on any atom is 0.131 e. The minimum atomic E-state index is -0.217. The van der Waals surface area contributed by atoms with Crippen molar-refractivity contribution >= 4 is 71.2 Å². The van der Waals surface area contributed by atoms with Gasteiger partial charge in [-0.2, -0.15) is 0 Å². The molecule has 2 aromatic heterocycles. The van der Waals surface area contributed by atoms with Gasteiger partial charge in [0.25, 0.3) is 0 Å². The summed E-state index contributed by atoms with van der Waals surface area (Å²) >= 11 is 0. The van der Waals surface area contributed by atoms with Gasteiger partial charge in [0.1, 0.15) is 18.5 Å². The first-order valence-electron chi connectivity index (χ1n) is 12.3. The van der Waals surface area contributed by atoms with Gasteiger partial charge in [0, 0.05) is 39.3 Å². The van der Waals surface area contributed by atoms with E-state index in [0.717, 1.165) is 65.8 Å². The quantitative estimate of drug-likeness (QED) is 0.234. The number of fused-ring (bicyclic) bond motifs is 2. The van der Waals surface area contributed by atoms with E-state index in [1.54, 1.807) is 18.7 Å². The molecule has 0 aliphatic carbocycles. The van der Waals surface area contributed by atoms with Gasteiger partial charge in [-0.05, 0) is 40.4 Å². The van der Waals surface area contributed by atoms with Crippen LogP contribution in [0.3, 0.4) is 0 Å². The summed E-state index contributed by atoms with van der Waals surface area (Å²) in [6.45, 7) is 0. The molecule has 0 radical (unpaired) electrons. The molecule has 0 unspecified atom stereocenters. The predicted octanol–water partition coefficient (Wildman–Crippen LogP) is 8.08. The molecule has 8 aromatic rings. The highest BCUT2D eigenvalue weighted by Gasteiger charge is 2.22. The Labute approximate surface area is 216 Å². The normalized spacial score (nSPS) is 11.8. The maximum atomic E-state index is 14.9. The highest BCUT2D eigenvalue weighted by Crippen LogP contribution is 2.46. The second-order valence-corrected chi connectivity index (χ2v) is 9.37. The van der Waals surface area contributed by atoms with Crippen molar-refractivity contribution in [3.8, 4) is 0 Å². The Bertz CT molecular complexity index is 2080. The summed E-state index contributed by atoms with van der Waals surface area (Å²) in [5, 5.41) is 7.55. The highest BCUT2D eigenvalue weighted by molar-refractivity contribution is 6.26. The topological polar surface area (TPSA) is 54.8 Å². The van der Waals surface area contributed by atoms with Crippen molar-refractivity contribution in [1.82, 2.24) is 19.9 Å². The van der Waals surface area contributed by atoms with E-state index >= 15 is 0 Å². The van der Waals surface area contributed by atoms with Crippen LogP contribution in [0.15, 0.2) is 110 Å². The van der Waals surface area contributed by atoms with Gasteiger partial charge in [0.15, 0.2) is 0 Å². The highest BCUT2D eigenvalue weighted by atomic mass is 19.1. The Morgan fingerprint density at radius 3 is 1.71 bits per heavy atom. The van der Waals surface area contributed by atoms with E-state index in [1.165, 1.54) is 0 Å². The number of anilines is 3. The van der Waals surface area contributed by atoms with E-state index in [0.29, 0.717) is 5.39 Å². The van der Waals surface area contributed by atoms with Gasteiger partial charge in [0.05, 0.1) is 28.1 Å². The number of hydrogen-bond acceptors (Lipinski definition) is 5. The zero-order valence-corrected chi connectivity index (χ0v) is 20.0. The molecule has 5 nitrogen and oxygen atoms in total. The second-order valence-electron chi connectivity index (χ2n) is 9.37. The average Bonchev–Trinajstić information content (AvgIpc) is 2.98. The van der Waals surface area contributed by atoms with E-state index in [2.05, 4.69) is 61.2 Å². The molecule has 6 heteroatoms. The third-order valence-electron chi connectivity index (χ3n) is 7.34. The van der Waals surface area contributed by atoms with Crippen molar-refractivity contribution in [2.24, 2.45) is 0 Å². The molecule has 0 bridgehead atoms. The van der Waals surface area contributed by atoms with Crippen LogP contribution in [-0.2, 0) is 0 Å². The van der Waals surface area contributed by atoms with E-state index < -0.39 is 0 Å². The Balaban J connectivity index is 1.54. The Morgan fingerprint density at radius 2 is 1.05 bits per heavy atom. The molecule has 38 heavy (non-hydrogen) atoms. The molecule has 0 fully saturated rings. The van der Waals surface area contributed by atoms with Crippen LogP contribution in [0.5, 0.6) is 0 Å². The summed E-state index contributed by atoms with van der Waals surface area (Å²) in [5.74, 6) is -0.217. The van der Waals surface area contributed by atoms with Crippen LogP contribution in [-0.4, -0.2) is 19.9 Å². The second kappa shape index (κ2) is 7.88. The van der Waals surface area contributed by atoms with Gasteiger partial charge in [-0.15, -0.1) is 0 Å². The predicted molar refractivity (Wildman–Crippen MR) is 151 cm³/mol. The number of benzene rings is 6. The maximum absolute atomic E-state index is 14.9. The van der Waals surface area contributed by atoms with Crippen molar-refractivity contribution in [2.45, 2.75) is 0 Å². The van der Waals surface area contributed by atoms with Crippen molar-refractivity contribution in [3.63, 3.8) is 0 Å². The number of nitrogens with zero attached hydrogens (tertiary/aromatic N) is 5. The molecular formula is C32H18FN5. The molecule has 0 amide bonds. The summed E-state index contributed by atoms with van der Waals surface area (Å²) in [6.07, 6.45) is 6.79. The summed E-state index contributed by atoms with van der Waals surface area (Å²) < 4.78 is 14.9. The van der Waals surface area contributed by atoms with Crippen LogP contribution in [0.2, 0.25) is 0 Å². The molecule has 6 aromatic carbocycles. The van der Waals surface area contributed by atoms with Crippen LogP contribution in [0.1, 0.15) is 0 Å². The average molecular weight is 492 g/mol. The molecule has 178 valence electrons. The molecule has 0 saturated heterocycles. The third-order valence-corrected chi connectivity index (χ3v) is 7.34. The molecular weight excluding hydrogens is 473 g/mol. The molecule has 0 aliphatic rings. The molecule has 2 heterocycles. The lowest BCUT2D eigenvalue weighted by Gasteiger charge is -2.28. The zero-order chi connectivity index (χ0) is 25.2. The standard InChI is InChI=1S/C32H18FN5/c33-25-13-9-19-8-12-24-26(14-10-20-7-11-23(25)29(19)30(20)24)38(27-5-1-3-21-15-34-17-36-31(21)27)28-6-2-4-22-16-35-18-37-32(22)28/h1-18H. The van der Waals surface area contributed by atoms with Crippen molar-refractivity contribution < 1.29 is 4.39 Å². The minimum absolute atomic E-state index is 0.217. The number of rotatable bonds is 3. The van der Waals surface area contributed by atoms with Gasteiger partial charge in [-0.3, -0.25) is 0 Å². The lowest BCUT2D eigenvalue weighted by molar-refractivity contribution is 0.640. The fraction of sp³-hybridized carbons (Fsp3) is 0. The van der Waals surface area contributed by atoms with Gasteiger partial charge >= 0.3 is 0 Å². The first-order valence-corrected chi connectivity index (χ1v) is 12.3. The number of para-hydroxylation sites is 2. The lowest BCUT2D eigenvalue weighted by Crippen LogP contribution is -2.12. The van der Waals surface area contributed by atoms with Crippen molar-refractivity contribution in [3.05, 3.63) is 116 Å². The Morgan fingerprint density at radius 1 is 0.500 bits per heavy atom. The third kappa shape index (κ3) is 2.91. The molecule has 0 spiro atoms. The van der Waals surface area contributed by atoms with Crippen LogP contribution >= 0.6 is 0 Å². The molecule has 8 rings (SSSR count). The Hall–Kier alpha value is -5.23. The van der Waals surface area contributed by atoms with Crippen LogP contribution in [0.25, 0.3) is 54.1 Å². The zero-order valence-electron chi connectivity index (χ0n) is 20.0. The number of aromatic nitrogens is 4. The smallest absolute Gasteiger partial charge is 0.131 e. The minimum Gasteiger partial charge on any atom is -0.305 e. The van der Waals surface area contributed by atoms with E-state index in [1.807, 2.05) is 54.9 Å².